The highest BCUT2D eigenvalue weighted by Crippen LogP contribution is 2.23. The summed E-state index contributed by atoms with van der Waals surface area (Å²) >= 11 is 0. The van der Waals surface area contributed by atoms with Gasteiger partial charge < -0.3 is 9.47 Å². The van der Waals surface area contributed by atoms with E-state index in [9.17, 15) is 13.2 Å². The minimum Gasteiger partial charge on any atom is -0.464 e. The minimum absolute atomic E-state index is 0.0107. The lowest BCUT2D eigenvalue weighted by Crippen LogP contribution is -2.14. The number of hydrogen-bond donors (Lipinski definition) is 0. The molecule has 0 fully saturated rings. The van der Waals surface area contributed by atoms with E-state index >= 15 is 0 Å². The molecule has 0 aliphatic heterocycles. The molecule has 0 radical (unpaired) electrons. The first kappa shape index (κ1) is 23.9. The minimum atomic E-state index is -3.45. The van der Waals surface area contributed by atoms with Crippen LogP contribution >= 0.6 is 0 Å². The molecule has 0 spiro atoms. The first-order chi connectivity index (χ1) is 14.3. The molecule has 164 valence electrons. The molecule has 9 heteroatoms. The van der Waals surface area contributed by atoms with Gasteiger partial charge >= 0.3 is 5.97 Å². The molecule has 0 saturated heterocycles. The van der Waals surface area contributed by atoms with Crippen LogP contribution in [0.5, 0.6) is 0 Å². The molecule has 1 unspecified atom stereocenters. The third kappa shape index (κ3) is 7.81. The molecule has 30 heavy (non-hydrogen) atoms. The Labute approximate surface area is 177 Å². The lowest BCUT2D eigenvalue weighted by molar-refractivity contribution is 0.0594. The molecule has 1 aromatic rings. The Morgan fingerprint density at radius 2 is 2.07 bits per heavy atom. The van der Waals surface area contributed by atoms with Gasteiger partial charge in [-0.1, -0.05) is 25.1 Å². The van der Waals surface area contributed by atoms with Gasteiger partial charge in [0.2, 0.25) is 0 Å². The Balaban J connectivity index is 2.07. The predicted molar refractivity (Wildman–Crippen MR) is 115 cm³/mol. The number of methoxy groups -OCH3 is 1. The number of aliphatic imine (C=N–C) groups is 1. The van der Waals surface area contributed by atoms with Crippen molar-refractivity contribution in [2.24, 2.45) is 10.9 Å². The second-order valence-corrected chi connectivity index (χ2v) is 8.33. The van der Waals surface area contributed by atoms with Crippen molar-refractivity contribution in [1.29, 1.82) is 0 Å². The highest BCUT2D eigenvalue weighted by molar-refractivity contribution is 7.85. The smallest absolute Gasteiger partial charge is 0.356 e. The van der Waals surface area contributed by atoms with Crippen LogP contribution in [0, 0.1) is 5.92 Å². The summed E-state index contributed by atoms with van der Waals surface area (Å²) < 4.78 is 36.6. The zero-order valence-electron chi connectivity index (χ0n) is 17.5. The summed E-state index contributed by atoms with van der Waals surface area (Å²) in [6, 6.07) is 5.23. The molecule has 0 bridgehead atoms. The first-order valence-electron chi connectivity index (χ1n) is 9.74. The van der Waals surface area contributed by atoms with Crippen LogP contribution in [0.4, 0.5) is 0 Å². The quantitative estimate of drug-likeness (QED) is 0.315. The van der Waals surface area contributed by atoms with Crippen LogP contribution < -0.4 is 0 Å². The van der Waals surface area contributed by atoms with E-state index in [-0.39, 0.29) is 24.8 Å². The van der Waals surface area contributed by atoms with Gasteiger partial charge in [0.1, 0.15) is 5.69 Å². The van der Waals surface area contributed by atoms with Gasteiger partial charge in [-0.05, 0) is 31.1 Å². The third-order valence-corrected chi connectivity index (χ3v) is 5.02. The summed E-state index contributed by atoms with van der Waals surface area (Å²) in [5.74, 6) is -0.205. The number of aromatic nitrogens is 1. The van der Waals surface area contributed by atoms with Gasteiger partial charge in [-0.2, -0.15) is 8.42 Å². The molecular formula is C21H28N2O6S. The molecule has 0 saturated carbocycles. The van der Waals surface area contributed by atoms with Crippen molar-refractivity contribution in [3.63, 3.8) is 0 Å². The standard InChI is InChI=1S/C21H28N2O6S/c1-4-16-7-5-8-17(18-9-6-10-19(23-18)21(24)27-2)15-20(16)22-11-12-28-13-14-29-30(3,25)26/h5-6,8-10,15-16H,4,7,11-14H2,1-3H3. The second kappa shape index (κ2) is 11.7. The molecule has 2 rings (SSSR count). The lowest BCUT2D eigenvalue weighted by atomic mass is 9.96. The molecule has 1 aliphatic rings. The summed E-state index contributed by atoms with van der Waals surface area (Å²) in [7, 11) is -2.12. The lowest BCUT2D eigenvalue weighted by Gasteiger charge is -2.13. The zero-order chi connectivity index (χ0) is 22.0. The third-order valence-electron chi connectivity index (χ3n) is 4.43. The van der Waals surface area contributed by atoms with Gasteiger partial charge in [0.15, 0.2) is 0 Å². The van der Waals surface area contributed by atoms with Crippen molar-refractivity contribution in [1.82, 2.24) is 4.98 Å². The number of rotatable bonds is 10. The molecule has 1 atom stereocenters. The summed E-state index contributed by atoms with van der Waals surface area (Å²) in [6.45, 7) is 3.09. The van der Waals surface area contributed by atoms with Crippen LogP contribution in [0.2, 0.25) is 0 Å². The van der Waals surface area contributed by atoms with Crippen LogP contribution in [0.3, 0.4) is 0 Å². The van der Waals surface area contributed by atoms with Crippen molar-refractivity contribution in [3.8, 4) is 0 Å². The Bertz CT molecular complexity index is 921. The molecule has 0 aromatic carbocycles. The SMILES string of the molecule is CCC1CC=CC(c2cccc(C(=O)OC)n2)=CC1=NCCOCCOS(C)(=O)=O. The van der Waals surface area contributed by atoms with Gasteiger partial charge in [0, 0.05) is 17.2 Å². The number of carbonyl (C=O) groups is 1. The van der Waals surface area contributed by atoms with Crippen molar-refractivity contribution in [3.05, 3.63) is 47.8 Å². The maximum Gasteiger partial charge on any atom is 0.356 e. The average molecular weight is 437 g/mol. The van der Waals surface area contributed by atoms with Crippen LogP contribution in [-0.2, 0) is 23.8 Å². The van der Waals surface area contributed by atoms with Crippen LogP contribution in [0.15, 0.2) is 41.4 Å². The van der Waals surface area contributed by atoms with Gasteiger partial charge in [-0.3, -0.25) is 9.18 Å². The summed E-state index contributed by atoms with van der Waals surface area (Å²) in [5, 5.41) is 0. The van der Waals surface area contributed by atoms with E-state index in [2.05, 4.69) is 27.2 Å². The fraction of sp³-hybridized carbons (Fsp3) is 0.476. The van der Waals surface area contributed by atoms with E-state index in [1.54, 1.807) is 12.1 Å². The van der Waals surface area contributed by atoms with Crippen LogP contribution in [0.1, 0.15) is 35.9 Å². The van der Waals surface area contributed by atoms with E-state index < -0.39 is 16.1 Å². The van der Waals surface area contributed by atoms with Crippen molar-refractivity contribution in [2.75, 3.05) is 39.7 Å². The number of carbonyl (C=O) groups excluding carboxylic acids is 1. The first-order valence-corrected chi connectivity index (χ1v) is 11.6. The van der Waals surface area contributed by atoms with Gasteiger partial charge in [-0.25, -0.2) is 9.78 Å². The Hall–Kier alpha value is -2.36. The Morgan fingerprint density at radius 3 is 2.77 bits per heavy atom. The zero-order valence-corrected chi connectivity index (χ0v) is 18.4. The van der Waals surface area contributed by atoms with Crippen molar-refractivity contribution >= 4 is 27.4 Å². The molecule has 0 amide bonds. The average Bonchev–Trinajstić information content (AvgIpc) is 2.94. The summed E-state index contributed by atoms with van der Waals surface area (Å²) in [6.07, 6.45) is 8.87. The molecular weight excluding hydrogens is 408 g/mol. The number of allylic oxidation sites excluding steroid dienone is 4. The number of ether oxygens (including phenoxy) is 2. The van der Waals surface area contributed by atoms with Crippen LogP contribution in [-0.4, -0.2) is 64.8 Å². The van der Waals surface area contributed by atoms with E-state index in [1.165, 1.54) is 7.11 Å². The number of esters is 1. The second-order valence-electron chi connectivity index (χ2n) is 6.69. The summed E-state index contributed by atoms with van der Waals surface area (Å²) in [5.41, 5.74) is 2.74. The van der Waals surface area contributed by atoms with Gasteiger partial charge in [0.25, 0.3) is 10.1 Å². The number of nitrogens with zero attached hydrogens (tertiary/aromatic N) is 2. The monoisotopic (exact) mass is 436 g/mol. The fourth-order valence-electron chi connectivity index (χ4n) is 2.91. The van der Waals surface area contributed by atoms with Gasteiger partial charge in [0.05, 0.1) is 45.4 Å². The van der Waals surface area contributed by atoms with E-state index in [1.807, 2.05) is 18.2 Å². The maximum absolute atomic E-state index is 11.8. The molecule has 1 aliphatic carbocycles. The van der Waals surface area contributed by atoms with Crippen LogP contribution in [0.25, 0.3) is 5.57 Å². The topological polar surface area (TPSA) is 104 Å². The molecule has 1 heterocycles. The highest BCUT2D eigenvalue weighted by atomic mass is 32.2. The predicted octanol–water partition coefficient (Wildman–Crippen LogP) is 2.67. The molecule has 8 nitrogen and oxygen atoms in total. The Morgan fingerprint density at radius 1 is 1.27 bits per heavy atom. The highest BCUT2D eigenvalue weighted by Gasteiger charge is 2.16. The summed E-state index contributed by atoms with van der Waals surface area (Å²) in [4.78, 5) is 20.9. The largest absolute Gasteiger partial charge is 0.464 e. The number of hydrogen-bond acceptors (Lipinski definition) is 8. The Kier molecular flexibility index (Phi) is 9.35. The van der Waals surface area contributed by atoms with E-state index in [0.717, 1.165) is 30.4 Å². The maximum atomic E-state index is 11.8. The van der Waals surface area contributed by atoms with Gasteiger partial charge in [-0.15, -0.1) is 0 Å². The normalized spacial score (nSPS) is 18.2. The van der Waals surface area contributed by atoms with E-state index in [0.29, 0.717) is 18.8 Å². The fourth-order valence-corrected chi connectivity index (χ4v) is 3.29. The van der Waals surface area contributed by atoms with E-state index in [4.69, 9.17) is 9.47 Å². The van der Waals surface area contributed by atoms with Crippen molar-refractivity contribution in [2.45, 2.75) is 19.8 Å². The number of pyridine rings is 1. The molecule has 1 aromatic heterocycles. The molecule has 0 N–H and O–H groups in total. The van der Waals surface area contributed by atoms with Crippen molar-refractivity contribution < 1.29 is 26.9 Å².